The van der Waals surface area contributed by atoms with Crippen LogP contribution in [0, 0.1) is 6.92 Å². The SMILES string of the molecule is COc1ccccc1OCc1csc(C(=O)N2CCN(Cc3cccc(C)c3)CC2)c1. The third kappa shape index (κ3) is 5.46. The summed E-state index contributed by atoms with van der Waals surface area (Å²) in [5.41, 5.74) is 3.62. The van der Waals surface area contributed by atoms with Crippen LogP contribution in [0.15, 0.2) is 60.0 Å². The van der Waals surface area contributed by atoms with Crippen molar-refractivity contribution in [1.29, 1.82) is 0 Å². The van der Waals surface area contributed by atoms with Crippen molar-refractivity contribution in [3.63, 3.8) is 0 Å². The van der Waals surface area contributed by atoms with E-state index >= 15 is 0 Å². The van der Waals surface area contributed by atoms with Gasteiger partial charge in [-0.25, -0.2) is 0 Å². The van der Waals surface area contributed by atoms with Crippen LogP contribution < -0.4 is 9.47 Å². The van der Waals surface area contributed by atoms with Crippen molar-refractivity contribution >= 4 is 17.2 Å². The Kier molecular flexibility index (Phi) is 6.89. The monoisotopic (exact) mass is 436 g/mol. The maximum atomic E-state index is 13.0. The van der Waals surface area contributed by atoms with Gasteiger partial charge in [0.15, 0.2) is 11.5 Å². The van der Waals surface area contributed by atoms with Crippen molar-refractivity contribution in [3.05, 3.63) is 81.5 Å². The number of thiophene rings is 1. The molecule has 0 spiro atoms. The molecule has 0 atom stereocenters. The van der Waals surface area contributed by atoms with Gasteiger partial charge in [-0.2, -0.15) is 0 Å². The van der Waals surface area contributed by atoms with Gasteiger partial charge in [-0.1, -0.05) is 42.0 Å². The summed E-state index contributed by atoms with van der Waals surface area (Å²) in [4.78, 5) is 18.1. The second-order valence-electron chi connectivity index (χ2n) is 7.82. The minimum absolute atomic E-state index is 0.115. The highest BCUT2D eigenvalue weighted by Crippen LogP contribution is 2.27. The number of benzene rings is 2. The van der Waals surface area contributed by atoms with Gasteiger partial charge in [-0.3, -0.25) is 9.69 Å². The number of ether oxygens (including phenoxy) is 2. The van der Waals surface area contributed by atoms with Crippen LogP contribution in [0.25, 0.3) is 0 Å². The first-order valence-corrected chi connectivity index (χ1v) is 11.4. The molecule has 1 aliphatic heterocycles. The van der Waals surface area contributed by atoms with Crippen molar-refractivity contribution < 1.29 is 14.3 Å². The van der Waals surface area contributed by atoms with Gasteiger partial charge in [-0.15, -0.1) is 11.3 Å². The number of nitrogens with zero attached hydrogens (tertiary/aromatic N) is 2. The Morgan fingerprint density at radius 3 is 2.48 bits per heavy atom. The van der Waals surface area contributed by atoms with Gasteiger partial charge in [0, 0.05) is 38.3 Å². The lowest BCUT2D eigenvalue weighted by Gasteiger charge is -2.34. The lowest BCUT2D eigenvalue weighted by Crippen LogP contribution is -2.48. The number of carbonyl (C=O) groups is 1. The van der Waals surface area contributed by atoms with Crippen LogP contribution in [0.3, 0.4) is 0 Å². The molecule has 0 bridgehead atoms. The van der Waals surface area contributed by atoms with Gasteiger partial charge in [0.05, 0.1) is 12.0 Å². The Balaban J connectivity index is 1.29. The molecule has 0 radical (unpaired) electrons. The Bertz CT molecular complexity index is 1020. The van der Waals surface area contributed by atoms with E-state index in [4.69, 9.17) is 9.47 Å². The molecule has 1 aliphatic rings. The molecule has 1 fully saturated rings. The normalized spacial score (nSPS) is 14.5. The van der Waals surface area contributed by atoms with Crippen molar-refractivity contribution in [2.45, 2.75) is 20.1 Å². The Morgan fingerprint density at radius 2 is 1.74 bits per heavy atom. The van der Waals surface area contributed by atoms with E-state index in [9.17, 15) is 4.79 Å². The van der Waals surface area contributed by atoms with Crippen LogP contribution in [0.1, 0.15) is 26.4 Å². The summed E-state index contributed by atoms with van der Waals surface area (Å²) in [7, 11) is 1.63. The molecule has 162 valence electrons. The zero-order chi connectivity index (χ0) is 21.6. The van der Waals surface area contributed by atoms with Crippen molar-refractivity contribution in [2.75, 3.05) is 33.3 Å². The predicted molar refractivity (Wildman–Crippen MR) is 124 cm³/mol. The first-order chi connectivity index (χ1) is 15.1. The molecule has 3 aromatic rings. The minimum atomic E-state index is 0.115. The molecular formula is C25H28N2O3S. The lowest BCUT2D eigenvalue weighted by atomic mass is 10.1. The Labute approximate surface area is 187 Å². The fourth-order valence-corrected chi connectivity index (χ4v) is 4.66. The zero-order valence-electron chi connectivity index (χ0n) is 18.0. The molecule has 1 aromatic heterocycles. The minimum Gasteiger partial charge on any atom is -0.493 e. The van der Waals surface area contributed by atoms with Crippen molar-refractivity contribution in [1.82, 2.24) is 9.80 Å². The summed E-state index contributed by atoms with van der Waals surface area (Å²) in [5.74, 6) is 1.52. The summed E-state index contributed by atoms with van der Waals surface area (Å²) in [5, 5.41) is 2.00. The van der Waals surface area contributed by atoms with E-state index in [2.05, 4.69) is 36.1 Å². The van der Waals surface area contributed by atoms with Crippen LogP contribution in [-0.2, 0) is 13.2 Å². The fourth-order valence-electron chi connectivity index (χ4n) is 3.80. The fraction of sp³-hybridized carbons (Fsp3) is 0.320. The second kappa shape index (κ2) is 9.98. The Hall–Kier alpha value is -2.83. The van der Waals surface area contributed by atoms with E-state index in [-0.39, 0.29) is 5.91 Å². The number of aryl methyl sites for hydroxylation is 1. The smallest absolute Gasteiger partial charge is 0.264 e. The van der Waals surface area contributed by atoms with Crippen LogP contribution in [0.5, 0.6) is 11.5 Å². The zero-order valence-corrected chi connectivity index (χ0v) is 18.9. The quantitative estimate of drug-likeness (QED) is 0.543. The van der Waals surface area contributed by atoms with Crippen LogP contribution in [0.4, 0.5) is 0 Å². The van der Waals surface area contributed by atoms with E-state index < -0.39 is 0 Å². The van der Waals surface area contributed by atoms with Gasteiger partial charge < -0.3 is 14.4 Å². The molecule has 2 aromatic carbocycles. The summed E-state index contributed by atoms with van der Waals surface area (Å²) in [6.07, 6.45) is 0. The topological polar surface area (TPSA) is 42.0 Å². The lowest BCUT2D eigenvalue weighted by molar-refractivity contribution is 0.0633. The molecule has 31 heavy (non-hydrogen) atoms. The van der Waals surface area contributed by atoms with E-state index in [1.165, 1.54) is 22.5 Å². The van der Waals surface area contributed by atoms with Gasteiger partial charge in [0.1, 0.15) is 6.61 Å². The number of para-hydroxylation sites is 2. The first kappa shape index (κ1) is 21.4. The molecule has 5 nitrogen and oxygen atoms in total. The third-order valence-corrected chi connectivity index (χ3v) is 6.44. The number of rotatable bonds is 7. The largest absolute Gasteiger partial charge is 0.493 e. The van der Waals surface area contributed by atoms with Crippen LogP contribution in [-0.4, -0.2) is 49.0 Å². The molecule has 1 saturated heterocycles. The molecule has 1 amide bonds. The average Bonchev–Trinajstić information content (AvgIpc) is 3.27. The number of hydrogen-bond acceptors (Lipinski definition) is 5. The molecule has 4 rings (SSSR count). The standard InChI is InChI=1S/C25H28N2O3S/c1-19-6-5-7-20(14-19)16-26-10-12-27(13-11-26)25(28)24-15-21(18-31-24)17-30-23-9-4-3-8-22(23)29-2/h3-9,14-15,18H,10-13,16-17H2,1-2H3. The number of carbonyl (C=O) groups excluding carboxylic acids is 1. The highest BCUT2D eigenvalue weighted by molar-refractivity contribution is 7.12. The van der Waals surface area contributed by atoms with E-state index in [1.807, 2.05) is 40.6 Å². The Morgan fingerprint density at radius 1 is 0.968 bits per heavy atom. The van der Waals surface area contributed by atoms with E-state index in [0.29, 0.717) is 18.1 Å². The van der Waals surface area contributed by atoms with Crippen molar-refractivity contribution in [2.24, 2.45) is 0 Å². The predicted octanol–water partition coefficient (Wildman–Crippen LogP) is 4.60. The maximum Gasteiger partial charge on any atom is 0.264 e. The highest BCUT2D eigenvalue weighted by atomic mass is 32.1. The van der Waals surface area contributed by atoms with Crippen molar-refractivity contribution in [3.8, 4) is 11.5 Å². The summed E-state index contributed by atoms with van der Waals surface area (Å²) in [6, 6.07) is 18.2. The molecule has 0 N–H and O–H groups in total. The van der Waals surface area contributed by atoms with Gasteiger partial charge >= 0.3 is 0 Å². The van der Waals surface area contributed by atoms with Gasteiger partial charge in [0.25, 0.3) is 5.91 Å². The maximum absolute atomic E-state index is 13.0. The first-order valence-electron chi connectivity index (χ1n) is 10.5. The molecule has 2 heterocycles. The number of hydrogen-bond donors (Lipinski definition) is 0. The number of amides is 1. The molecule has 0 aliphatic carbocycles. The molecule has 0 unspecified atom stereocenters. The van der Waals surface area contributed by atoms with E-state index in [1.54, 1.807) is 7.11 Å². The summed E-state index contributed by atoms with van der Waals surface area (Å²) >= 11 is 1.49. The summed E-state index contributed by atoms with van der Waals surface area (Å²) < 4.78 is 11.2. The number of piperazine rings is 1. The molecular weight excluding hydrogens is 408 g/mol. The highest BCUT2D eigenvalue weighted by Gasteiger charge is 2.23. The van der Waals surface area contributed by atoms with E-state index in [0.717, 1.165) is 43.2 Å². The third-order valence-electron chi connectivity index (χ3n) is 5.48. The number of methoxy groups -OCH3 is 1. The average molecular weight is 437 g/mol. The summed E-state index contributed by atoms with van der Waals surface area (Å²) in [6.45, 7) is 6.78. The van der Waals surface area contributed by atoms with Crippen LogP contribution >= 0.6 is 11.3 Å². The van der Waals surface area contributed by atoms with Gasteiger partial charge in [-0.05, 0) is 36.1 Å². The van der Waals surface area contributed by atoms with Gasteiger partial charge in [0.2, 0.25) is 0 Å². The molecule has 6 heteroatoms. The van der Waals surface area contributed by atoms with Crippen LogP contribution in [0.2, 0.25) is 0 Å². The molecule has 0 saturated carbocycles. The second-order valence-corrected chi connectivity index (χ2v) is 8.73.